The van der Waals surface area contributed by atoms with Crippen molar-refractivity contribution < 1.29 is 5.11 Å². The van der Waals surface area contributed by atoms with E-state index in [1.165, 1.54) is 0 Å². The first kappa shape index (κ1) is 11.6. The summed E-state index contributed by atoms with van der Waals surface area (Å²) in [7, 11) is 0. The number of aliphatic hydroxyl groups excluding tert-OH is 1. The number of aliphatic hydroxyl groups is 1. The molecule has 0 saturated heterocycles. The van der Waals surface area contributed by atoms with E-state index in [0.29, 0.717) is 6.04 Å². The molecule has 0 amide bonds. The van der Waals surface area contributed by atoms with E-state index < -0.39 is 0 Å². The summed E-state index contributed by atoms with van der Waals surface area (Å²) in [5.41, 5.74) is 2.11. The molecule has 0 bridgehead atoms. The van der Waals surface area contributed by atoms with Crippen LogP contribution < -0.4 is 5.32 Å². The van der Waals surface area contributed by atoms with Gasteiger partial charge in [0.2, 0.25) is 0 Å². The Bertz CT molecular complexity index is 376. The molecule has 0 radical (unpaired) electrons. The highest BCUT2D eigenvalue weighted by Crippen LogP contribution is 2.40. The highest BCUT2D eigenvalue weighted by atomic mass is 16.3. The van der Waals surface area contributed by atoms with Crippen molar-refractivity contribution in [3.05, 3.63) is 29.6 Å². The fourth-order valence-corrected chi connectivity index (χ4v) is 2.17. The molecule has 2 unspecified atom stereocenters. The second-order valence-corrected chi connectivity index (χ2v) is 5.28. The number of rotatable bonds is 3. The Hall–Kier alpha value is -0.930. The van der Waals surface area contributed by atoms with Gasteiger partial charge in [0.1, 0.15) is 0 Å². The normalized spacial score (nSPS) is 27.5. The minimum atomic E-state index is -0.171. The van der Waals surface area contributed by atoms with Gasteiger partial charge in [-0.15, -0.1) is 0 Å². The molecule has 1 saturated carbocycles. The molecular formula is C13H20N2O. The van der Waals surface area contributed by atoms with Gasteiger partial charge in [0.25, 0.3) is 0 Å². The first-order valence-corrected chi connectivity index (χ1v) is 5.84. The molecule has 2 atom stereocenters. The van der Waals surface area contributed by atoms with Gasteiger partial charge in [-0.3, -0.25) is 4.98 Å². The predicted octanol–water partition coefficient (Wildman–Crippen LogP) is 1.64. The number of hydrogen-bond acceptors (Lipinski definition) is 3. The number of pyridine rings is 1. The van der Waals surface area contributed by atoms with Gasteiger partial charge in [0.05, 0.1) is 11.8 Å². The highest BCUT2D eigenvalue weighted by Gasteiger charge is 2.46. The fraction of sp³-hybridized carbons (Fsp3) is 0.615. The SMILES string of the molecule is Cc1cccc(CNC2CC(O)C2(C)C)n1. The summed E-state index contributed by atoms with van der Waals surface area (Å²) >= 11 is 0. The number of aryl methyl sites for hydroxylation is 1. The van der Waals surface area contributed by atoms with E-state index in [-0.39, 0.29) is 11.5 Å². The quantitative estimate of drug-likeness (QED) is 0.814. The standard InChI is InChI=1S/C13H20N2O/c1-9-5-4-6-10(15-9)8-14-11-7-12(16)13(11,2)3/h4-6,11-12,14,16H,7-8H2,1-3H3. The van der Waals surface area contributed by atoms with E-state index in [1.54, 1.807) is 0 Å². The number of aromatic nitrogens is 1. The Kier molecular flexibility index (Phi) is 3.00. The molecule has 2 rings (SSSR count). The second kappa shape index (κ2) is 4.15. The molecule has 1 aromatic rings. The molecule has 0 aromatic carbocycles. The molecule has 3 heteroatoms. The zero-order valence-corrected chi connectivity index (χ0v) is 10.2. The van der Waals surface area contributed by atoms with Crippen molar-refractivity contribution in [2.45, 2.75) is 45.9 Å². The molecule has 0 aliphatic heterocycles. The minimum Gasteiger partial charge on any atom is -0.392 e. The first-order valence-electron chi connectivity index (χ1n) is 5.84. The Labute approximate surface area is 96.9 Å². The van der Waals surface area contributed by atoms with E-state index in [4.69, 9.17) is 0 Å². The molecule has 1 fully saturated rings. The molecule has 1 aliphatic carbocycles. The number of nitrogens with one attached hydrogen (secondary N) is 1. The van der Waals surface area contributed by atoms with Crippen LogP contribution in [0.25, 0.3) is 0 Å². The maximum Gasteiger partial charge on any atom is 0.0621 e. The Morgan fingerprint density at radius 3 is 2.81 bits per heavy atom. The van der Waals surface area contributed by atoms with Gasteiger partial charge in [-0.05, 0) is 25.5 Å². The molecule has 0 spiro atoms. The van der Waals surface area contributed by atoms with Gasteiger partial charge in [-0.25, -0.2) is 0 Å². The maximum atomic E-state index is 9.63. The summed E-state index contributed by atoms with van der Waals surface area (Å²) in [5.74, 6) is 0. The number of hydrogen-bond donors (Lipinski definition) is 2. The van der Waals surface area contributed by atoms with Crippen LogP contribution in [0.15, 0.2) is 18.2 Å². The van der Waals surface area contributed by atoms with Crippen molar-refractivity contribution >= 4 is 0 Å². The van der Waals surface area contributed by atoms with Crippen molar-refractivity contribution in [2.75, 3.05) is 0 Å². The van der Waals surface area contributed by atoms with Crippen LogP contribution in [0.2, 0.25) is 0 Å². The lowest BCUT2D eigenvalue weighted by molar-refractivity contribution is -0.0730. The molecule has 1 aromatic heterocycles. The molecule has 1 heterocycles. The topological polar surface area (TPSA) is 45.1 Å². The van der Waals surface area contributed by atoms with Crippen LogP contribution in [0.4, 0.5) is 0 Å². The fourth-order valence-electron chi connectivity index (χ4n) is 2.17. The van der Waals surface area contributed by atoms with Crippen LogP contribution >= 0.6 is 0 Å². The van der Waals surface area contributed by atoms with Gasteiger partial charge < -0.3 is 10.4 Å². The Morgan fingerprint density at radius 1 is 1.50 bits per heavy atom. The molecule has 16 heavy (non-hydrogen) atoms. The maximum absolute atomic E-state index is 9.63. The van der Waals surface area contributed by atoms with Crippen molar-refractivity contribution in [1.82, 2.24) is 10.3 Å². The summed E-state index contributed by atoms with van der Waals surface area (Å²) in [5, 5.41) is 13.1. The Morgan fingerprint density at radius 2 is 2.25 bits per heavy atom. The lowest BCUT2D eigenvalue weighted by atomic mass is 9.64. The van der Waals surface area contributed by atoms with E-state index in [0.717, 1.165) is 24.4 Å². The molecular weight excluding hydrogens is 200 g/mol. The summed E-state index contributed by atoms with van der Waals surface area (Å²) in [6.45, 7) is 6.98. The van der Waals surface area contributed by atoms with E-state index in [1.807, 2.05) is 25.1 Å². The van der Waals surface area contributed by atoms with Crippen molar-refractivity contribution in [1.29, 1.82) is 0 Å². The van der Waals surface area contributed by atoms with Crippen molar-refractivity contribution in [3.63, 3.8) is 0 Å². The average Bonchev–Trinajstić information content (AvgIpc) is 2.24. The predicted molar refractivity (Wildman–Crippen MR) is 64.0 cm³/mol. The van der Waals surface area contributed by atoms with Crippen LogP contribution in [0.3, 0.4) is 0 Å². The van der Waals surface area contributed by atoms with Crippen molar-refractivity contribution in [2.24, 2.45) is 5.41 Å². The zero-order valence-electron chi connectivity index (χ0n) is 10.2. The van der Waals surface area contributed by atoms with Crippen LogP contribution in [0.5, 0.6) is 0 Å². The Balaban J connectivity index is 1.89. The second-order valence-electron chi connectivity index (χ2n) is 5.28. The summed E-state index contributed by atoms with van der Waals surface area (Å²) in [6.07, 6.45) is 0.675. The van der Waals surface area contributed by atoms with Crippen LogP contribution in [-0.2, 0) is 6.54 Å². The lowest BCUT2D eigenvalue weighted by Crippen LogP contribution is -2.59. The average molecular weight is 220 g/mol. The van der Waals surface area contributed by atoms with E-state index >= 15 is 0 Å². The van der Waals surface area contributed by atoms with Gasteiger partial charge in [0, 0.05) is 23.7 Å². The van der Waals surface area contributed by atoms with Crippen molar-refractivity contribution in [3.8, 4) is 0 Å². The lowest BCUT2D eigenvalue weighted by Gasteiger charge is -2.49. The highest BCUT2D eigenvalue weighted by molar-refractivity contribution is 5.10. The monoisotopic (exact) mass is 220 g/mol. The van der Waals surface area contributed by atoms with E-state index in [2.05, 4.69) is 24.1 Å². The van der Waals surface area contributed by atoms with Gasteiger partial charge in [-0.1, -0.05) is 19.9 Å². The van der Waals surface area contributed by atoms with Crippen LogP contribution in [-0.4, -0.2) is 22.2 Å². The van der Waals surface area contributed by atoms with Gasteiger partial charge >= 0.3 is 0 Å². The smallest absolute Gasteiger partial charge is 0.0621 e. The minimum absolute atomic E-state index is 0.0101. The molecule has 3 nitrogen and oxygen atoms in total. The number of nitrogens with zero attached hydrogens (tertiary/aromatic N) is 1. The van der Waals surface area contributed by atoms with Gasteiger partial charge in [0.15, 0.2) is 0 Å². The third kappa shape index (κ3) is 2.11. The summed E-state index contributed by atoms with van der Waals surface area (Å²) in [6, 6.07) is 6.45. The largest absolute Gasteiger partial charge is 0.392 e. The van der Waals surface area contributed by atoms with Crippen LogP contribution in [0, 0.1) is 12.3 Å². The summed E-state index contributed by atoms with van der Waals surface area (Å²) < 4.78 is 0. The molecule has 1 aliphatic rings. The third-order valence-corrected chi connectivity index (χ3v) is 3.69. The zero-order chi connectivity index (χ0) is 11.8. The first-order chi connectivity index (χ1) is 7.50. The molecule has 88 valence electrons. The summed E-state index contributed by atoms with van der Waals surface area (Å²) in [4.78, 5) is 4.45. The van der Waals surface area contributed by atoms with Gasteiger partial charge in [-0.2, -0.15) is 0 Å². The molecule has 2 N–H and O–H groups in total. The van der Waals surface area contributed by atoms with Crippen LogP contribution in [0.1, 0.15) is 31.7 Å². The van der Waals surface area contributed by atoms with E-state index in [9.17, 15) is 5.11 Å². The third-order valence-electron chi connectivity index (χ3n) is 3.69.